The topological polar surface area (TPSA) is 272 Å². The van der Waals surface area contributed by atoms with Gasteiger partial charge in [0.1, 0.15) is 18.5 Å². The second-order valence-corrected chi connectivity index (χ2v) is 11.4. The highest BCUT2D eigenvalue weighted by Crippen LogP contribution is 2.49. The SMILES string of the molecule is NC(=N\C(=S)NC(=O)CCl)/C(=N\OCC(=O)OCc1ccc([N+](=O)[O-])cc1)C(=O)NC1C(=O)N2C1CSC1CC(=O)O[C@@]12C(=O)O. The van der Waals surface area contributed by atoms with Crippen molar-refractivity contribution < 1.29 is 53.1 Å². The maximum atomic E-state index is 13.2. The number of ether oxygens (including phenoxy) is 2. The number of nitrogens with one attached hydrogen (secondary N) is 2. The molecule has 244 valence electrons. The number of hydrogen-bond donors (Lipinski definition) is 4. The zero-order chi connectivity index (χ0) is 33.8. The van der Waals surface area contributed by atoms with E-state index in [2.05, 4.69) is 20.8 Å². The first-order chi connectivity index (χ1) is 21.8. The number of oxime groups is 1. The first-order valence-electron chi connectivity index (χ1n) is 12.8. The number of thiocarbonyl (C=S) groups is 1. The van der Waals surface area contributed by atoms with E-state index >= 15 is 0 Å². The molecule has 46 heavy (non-hydrogen) atoms. The number of aliphatic imine (C=N–C) groups is 1. The van der Waals surface area contributed by atoms with Crippen LogP contribution in [0.25, 0.3) is 0 Å². The maximum absolute atomic E-state index is 13.2. The van der Waals surface area contributed by atoms with Gasteiger partial charge in [-0.3, -0.25) is 34.2 Å². The Hall–Kier alpha value is -4.89. The number of β-lactam (4-membered cyclic amide) rings is 1. The van der Waals surface area contributed by atoms with E-state index in [-0.39, 0.29) is 24.5 Å². The van der Waals surface area contributed by atoms with Gasteiger partial charge in [-0.1, -0.05) is 5.16 Å². The summed E-state index contributed by atoms with van der Waals surface area (Å²) in [6, 6.07) is 2.98. The van der Waals surface area contributed by atoms with Crippen LogP contribution in [0.3, 0.4) is 0 Å². The molecule has 1 aromatic rings. The van der Waals surface area contributed by atoms with Crippen molar-refractivity contribution in [2.24, 2.45) is 15.9 Å². The molecule has 0 aliphatic carbocycles. The summed E-state index contributed by atoms with van der Waals surface area (Å²) >= 11 is 11.4. The first-order valence-corrected chi connectivity index (χ1v) is 14.8. The van der Waals surface area contributed by atoms with Crippen LogP contribution in [0.1, 0.15) is 12.0 Å². The number of amidine groups is 1. The van der Waals surface area contributed by atoms with E-state index in [1.165, 1.54) is 24.3 Å². The molecule has 5 N–H and O–H groups in total. The van der Waals surface area contributed by atoms with Gasteiger partial charge in [0.05, 0.1) is 22.6 Å². The Bertz CT molecular complexity index is 1570. The van der Waals surface area contributed by atoms with Crippen molar-refractivity contribution in [3.63, 3.8) is 0 Å². The quantitative estimate of drug-likeness (QED) is 0.0300. The number of carbonyl (C=O) groups excluding carboxylic acids is 5. The zero-order valence-electron chi connectivity index (χ0n) is 23.1. The highest BCUT2D eigenvalue weighted by Gasteiger charge is 2.71. The summed E-state index contributed by atoms with van der Waals surface area (Å²) in [5.74, 6) is -7.12. The average molecular weight is 700 g/mol. The lowest BCUT2D eigenvalue weighted by Crippen LogP contribution is -2.82. The lowest BCUT2D eigenvalue weighted by atomic mass is 9.89. The average Bonchev–Trinajstić information content (AvgIpc) is 3.36. The summed E-state index contributed by atoms with van der Waals surface area (Å²) in [5, 5.41) is 27.3. The minimum atomic E-state index is -2.23. The smallest absolute Gasteiger partial charge is 0.371 e. The van der Waals surface area contributed by atoms with Crippen LogP contribution in [0, 0.1) is 10.1 Å². The number of carboxylic acid groups (broad SMARTS) is 1. The van der Waals surface area contributed by atoms with Crippen molar-refractivity contribution in [3.05, 3.63) is 39.9 Å². The molecule has 3 saturated heterocycles. The van der Waals surface area contributed by atoms with Gasteiger partial charge < -0.3 is 35.8 Å². The number of nitrogens with two attached hydrogens (primary N) is 1. The van der Waals surface area contributed by atoms with Gasteiger partial charge in [-0.05, 0) is 29.9 Å². The van der Waals surface area contributed by atoms with Gasteiger partial charge in [0.25, 0.3) is 23.2 Å². The molecule has 1 aromatic carbocycles. The number of non-ortho nitro benzene ring substituents is 1. The van der Waals surface area contributed by atoms with E-state index in [9.17, 15) is 44.0 Å². The summed E-state index contributed by atoms with van der Waals surface area (Å²) in [4.78, 5) is 93.8. The van der Waals surface area contributed by atoms with Crippen LogP contribution in [0.15, 0.2) is 34.4 Å². The molecule has 3 unspecified atom stereocenters. The Kier molecular flexibility index (Phi) is 10.4. The number of carboxylic acids is 1. The predicted octanol–water partition coefficient (Wildman–Crippen LogP) is -1.45. The largest absolute Gasteiger partial charge is 0.477 e. The minimum Gasteiger partial charge on any atom is -0.477 e. The second-order valence-electron chi connectivity index (χ2n) is 9.51. The summed E-state index contributed by atoms with van der Waals surface area (Å²) in [7, 11) is 0. The van der Waals surface area contributed by atoms with Crippen molar-refractivity contribution in [3.8, 4) is 0 Å². The molecule has 4 atom stereocenters. The van der Waals surface area contributed by atoms with Crippen LogP contribution in [-0.2, 0) is 49.7 Å². The zero-order valence-corrected chi connectivity index (χ0v) is 25.5. The summed E-state index contributed by atoms with van der Waals surface area (Å²) in [6.07, 6.45) is -0.220. The molecular weight excluding hydrogens is 678 g/mol. The molecule has 3 aliphatic rings. The van der Waals surface area contributed by atoms with Gasteiger partial charge in [-0.2, -0.15) is 0 Å². The number of nitro benzene ring substituents is 1. The first kappa shape index (κ1) is 34.0. The molecule has 3 aliphatic heterocycles. The third kappa shape index (κ3) is 7.00. The van der Waals surface area contributed by atoms with E-state index < -0.39 is 92.8 Å². The third-order valence-electron chi connectivity index (χ3n) is 6.63. The maximum Gasteiger partial charge on any atom is 0.371 e. The number of aliphatic carboxylic acids is 1. The van der Waals surface area contributed by atoms with Gasteiger partial charge >= 0.3 is 17.9 Å². The molecule has 22 heteroatoms. The van der Waals surface area contributed by atoms with Crippen molar-refractivity contribution in [1.29, 1.82) is 0 Å². The van der Waals surface area contributed by atoms with Crippen LogP contribution in [0.5, 0.6) is 0 Å². The molecular formula is C24H22ClN7O12S2. The number of nitro groups is 1. The van der Waals surface area contributed by atoms with E-state index in [0.717, 1.165) is 16.7 Å². The second kappa shape index (κ2) is 14.0. The lowest BCUT2D eigenvalue weighted by Gasteiger charge is -2.56. The number of thioether (sulfide) groups is 1. The number of alkyl halides is 1. The minimum absolute atomic E-state index is 0.148. The van der Waals surface area contributed by atoms with Crippen LogP contribution < -0.4 is 16.4 Å². The van der Waals surface area contributed by atoms with Gasteiger partial charge in [-0.15, -0.1) is 23.4 Å². The highest BCUT2D eigenvalue weighted by molar-refractivity contribution is 8.00. The lowest BCUT2D eigenvalue weighted by molar-refractivity contribution is -0.384. The molecule has 3 fully saturated rings. The van der Waals surface area contributed by atoms with Crippen LogP contribution >= 0.6 is 35.6 Å². The number of carbonyl (C=O) groups is 6. The highest BCUT2D eigenvalue weighted by atomic mass is 35.5. The number of benzene rings is 1. The normalized spacial score (nSPS) is 23.6. The summed E-state index contributed by atoms with van der Waals surface area (Å²) in [6.45, 7) is -1.13. The van der Waals surface area contributed by atoms with Crippen LogP contribution in [0.2, 0.25) is 0 Å². The number of hydrogen-bond acceptors (Lipinski definition) is 14. The molecule has 0 spiro atoms. The van der Waals surface area contributed by atoms with Crippen LogP contribution in [0.4, 0.5) is 5.69 Å². The molecule has 0 saturated carbocycles. The van der Waals surface area contributed by atoms with Crippen molar-refractivity contribution in [1.82, 2.24) is 15.5 Å². The Morgan fingerprint density at radius 3 is 2.61 bits per heavy atom. The molecule has 3 heterocycles. The Morgan fingerprint density at radius 2 is 1.98 bits per heavy atom. The number of halogens is 1. The van der Waals surface area contributed by atoms with Crippen molar-refractivity contribution in [2.75, 3.05) is 18.2 Å². The fourth-order valence-corrected chi connectivity index (χ4v) is 6.35. The summed E-state index contributed by atoms with van der Waals surface area (Å²) in [5.41, 5.74) is 3.12. The molecule has 0 aromatic heterocycles. The van der Waals surface area contributed by atoms with E-state index in [0.29, 0.717) is 5.56 Å². The van der Waals surface area contributed by atoms with Gasteiger partial charge in [-0.25, -0.2) is 14.6 Å². The fourth-order valence-electron chi connectivity index (χ4n) is 4.56. The Morgan fingerprint density at radius 1 is 1.28 bits per heavy atom. The Balaban J connectivity index is 1.45. The fraction of sp³-hybridized carbons (Fsp3) is 0.375. The third-order valence-corrected chi connectivity index (χ3v) is 8.49. The van der Waals surface area contributed by atoms with Crippen molar-refractivity contribution in [2.45, 2.75) is 36.1 Å². The number of nitrogens with zero attached hydrogens (tertiary/aromatic N) is 4. The summed E-state index contributed by atoms with van der Waals surface area (Å²) < 4.78 is 10.1. The predicted molar refractivity (Wildman–Crippen MR) is 159 cm³/mol. The van der Waals surface area contributed by atoms with Crippen LogP contribution in [-0.4, -0.2) is 109 Å². The van der Waals surface area contributed by atoms with Gasteiger partial charge in [0.15, 0.2) is 5.84 Å². The van der Waals surface area contributed by atoms with Crippen molar-refractivity contribution >= 4 is 93.6 Å². The van der Waals surface area contributed by atoms with E-state index in [1.807, 2.05) is 0 Å². The molecule has 19 nitrogen and oxygen atoms in total. The molecule has 4 rings (SSSR count). The number of esters is 2. The number of rotatable bonds is 11. The Labute approximate surface area is 271 Å². The van der Waals surface area contributed by atoms with E-state index in [4.69, 9.17) is 43.9 Å². The molecule has 0 bridgehead atoms. The van der Waals surface area contributed by atoms with Gasteiger partial charge in [0, 0.05) is 17.9 Å². The van der Waals surface area contributed by atoms with E-state index in [1.54, 1.807) is 0 Å². The molecule has 0 radical (unpaired) electrons. The standard InChI is InChI=1S/C24H22ClN7O12S2/c25-6-14(33)27-23(45)29-19(26)18(30-43-8-16(35)42-7-10-1-3-11(4-2-10)32(40)41)20(36)28-17-12-9-46-13-5-15(34)44-24(13,22(38)39)31(12)21(17)37/h1-4,12-13,17H,5-9H2,(H,28,36)(H,38,39)(H3,26,27,29,33,45)/b30-18+/t12?,13?,17?,24-/m1/s1. The number of fused-ring (bicyclic) bond motifs is 3. The van der Waals surface area contributed by atoms with Gasteiger partial charge in [0.2, 0.25) is 23.3 Å². The monoisotopic (exact) mass is 699 g/mol. The number of amides is 3. The molecule has 3 amide bonds.